The van der Waals surface area contributed by atoms with E-state index in [1.54, 1.807) is 36.4 Å². The van der Waals surface area contributed by atoms with Crippen molar-refractivity contribution in [3.8, 4) is 34.8 Å². The predicted molar refractivity (Wildman–Crippen MR) is 91.9 cm³/mol. The van der Waals surface area contributed by atoms with Gasteiger partial charge < -0.3 is 9.47 Å². The van der Waals surface area contributed by atoms with E-state index in [0.29, 0.717) is 33.2 Å². The van der Waals surface area contributed by atoms with Crippen LogP contribution in [0.3, 0.4) is 0 Å². The molecule has 0 aromatic heterocycles. The van der Waals surface area contributed by atoms with Crippen LogP contribution in [0.1, 0.15) is 11.1 Å². The van der Waals surface area contributed by atoms with Gasteiger partial charge in [0.1, 0.15) is 17.4 Å². The molecule has 0 unspecified atom stereocenters. The molecular weight excluding hydrogens is 319 g/mol. The quantitative estimate of drug-likeness (QED) is 0.713. The number of nitriles is 2. The highest BCUT2D eigenvalue weighted by atomic mass is 19.1. The second kappa shape index (κ2) is 6.51. The molecule has 122 valence electrons. The summed E-state index contributed by atoms with van der Waals surface area (Å²) in [5.41, 5.74) is 2.14. The van der Waals surface area contributed by atoms with Crippen LogP contribution in [0.5, 0.6) is 11.5 Å². The van der Waals surface area contributed by atoms with Gasteiger partial charge in [0.15, 0.2) is 11.6 Å². The Morgan fingerprint density at radius 2 is 1.48 bits per heavy atom. The van der Waals surface area contributed by atoms with Gasteiger partial charge in [0.25, 0.3) is 0 Å². The molecule has 0 aliphatic heterocycles. The Kier molecular flexibility index (Phi) is 4.24. The zero-order valence-corrected chi connectivity index (χ0v) is 13.6. The first-order chi connectivity index (χ1) is 12.1. The summed E-state index contributed by atoms with van der Waals surface area (Å²) in [6.45, 7) is 0. The van der Waals surface area contributed by atoms with Crippen molar-refractivity contribution in [2.75, 3.05) is 14.2 Å². The molecule has 25 heavy (non-hydrogen) atoms. The van der Waals surface area contributed by atoms with Crippen LogP contribution in [0.2, 0.25) is 0 Å². The third-order valence-electron chi connectivity index (χ3n) is 4.04. The molecule has 5 heteroatoms. The molecule has 0 aliphatic rings. The Bertz CT molecular complexity index is 1060. The lowest BCUT2D eigenvalue weighted by Gasteiger charge is -2.11. The van der Waals surface area contributed by atoms with E-state index in [4.69, 9.17) is 9.47 Å². The summed E-state index contributed by atoms with van der Waals surface area (Å²) in [5.74, 6) is 0.0570. The number of fused-ring (bicyclic) bond motifs is 1. The molecule has 3 rings (SSSR count). The minimum Gasteiger partial charge on any atom is -0.495 e. The smallest absolute Gasteiger partial charge is 0.165 e. The lowest BCUT2D eigenvalue weighted by Crippen LogP contribution is -1.93. The van der Waals surface area contributed by atoms with E-state index < -0.39 is 5.82 Å². The topological polar surface area (TPSA) is 66.0 Å². The lowest BCUT2D eigenvalue weighted by molar-refractivity contribution is 0.386. The van der Waals surface area contributed by atoms with E-state index >= 15 is 0 Å². The second-order valence-electron chi connectivity index (χ2n) is 5.33. The molecule has 0 radical (unpaired) electrons. The first kappa shape index (κ1) is 16.3. The van der Waals surface area contributed by atoms with Gasteiger partial charge >= 0.3 is 0 Å². The van der Waals surface area contributed by atoms with E-state index in [1.165, 1.54) is 20.3 Å². The van der Waals surface area contributed by atoms with E-state index in [1.807, 2.05) is 0 Å². The Labute approximate surface area is 144 Å². The van der Waals surface area contributed by atoms with Gasteiger partial charge in [-0.05, 0) is 35.4 Å². The van der Waals surface area contributed by atoms with Crippen molar-refractivity contribution >= 4 is 10.8 Å². The molecular formula is C20H13FN2O2. The van der Waals surface area contributed by atoms with E-state index in [2.05, 4.69) is 12.1 Å². The van der Waals surface area contributed by atoms with Crippen LogP contribution >= 0.6 is 0 Å². The summed E-state index contributed by atoms with van der Waals surface area (Å²) >= 11 is 0. The van der Waals surface area contributed by atoms with Gasteiger partial charge in [-0.2, -0.15) is 10.5 Å². The lowest BCUT2D eigenvalue weighted by atomic mass is 9.95. The number of rotatable bonds is 3. The van der Waals surface area contributed by atoms with Gasteiger partial charge in [-0.25, -0.2) is 4.39 Å². The Morgan fingerprint density at radius 1 is 0.800 bits per heavy atom. The van der Waals surface area contributed by atoms with E-state index in [0.717, 1.165) is 5.56 Å². The molecule has 3 aromatic rings. The molecule has 0 spiro atoms. The molecule has 0 bridgehead atoms. The normalized spacial score (nSPS) is 10.1. The number of nitrogens with zero attached hydrogens (tertiary/aromatic N) is 2. The summed E-state index contributed by atoms with van der Waals surface area (Å²) in [5, 5.41) is 20.1. The molecule has 4 nitrogen and oxygen atoms in total. The maximum Gasteiger partial charge on any atom is 0.165 e. The maximum atomic E-state index is 14.0. The molecule has 0 atom stereocenters. The number of halogens is 1. The van der Waals surface area contributed by atoms with Crippen molar-refractivity contribution in [2.45, 2.75) is 0 Å². The fourth-order valence-corrected chi connectivity index (χ4v) is 2.79. The molecule has 0 fully saturated rings. The largest absolute Gasteiger partial charge is 0.495 e. The fraction of sp³-hybridized carbons (Fsp3) is 0.100. The van der Waals surface area contributed by atoms with Crippen molar-refractivity contribution in [1.29, 1.82) is 10.5 Å². The molecule has 3 aromatic carbocycles. The van der Waals surface area contributed by atoms with Crippen LogP contribution < -0.4 is 9.47 Å². The standard InChI is InChI=1S/C20H13FN2O2/c1-24-19-6-4-13(8-18(19)21)12-3-5-15-16(7-12)14(10-22)9-20(25-2)17(15)11-23/h3-9H,1-2H3. The average molecular weight is 332 g/mol. The minimum absolute atomic E-state index is 0.166. The summed E-state index contributed by atoms with van der Waals surface area (Å²) in [6, 6.07) is 15.7. The van der Waals surface area contributed by atoms with Gasteiger partial charge in [0.05, 0.1) is 25.9 Å². The van der Waals surface area contributed by atoms with Crippen LogP contribution in [0, 0.1) is 28.5 Å². The van der Waals surface area contributed by atoms with Crippen molar-refractivity contribution < 1.29 is 13.9 Å². The second-order valence-corrected chi connectivity index (χ2v) is 5.33. The van der Waals surface area contributed by atoms with Crippen LogP contribution in [0.15, 0.2) is 42.5 Å². The first-order valence-corrected chi connectivity index (χ1v) is 7.41. The highest BCUT2D eigenvalue weighted by molar-refractivity contribution is 5.97. The fourth-order valence-electron chi connectivity index (χ4n) is 2.79. The van der Waals surface area contributed by atoms with E-state index in [-0.39, 0.29) is 5.75 Å². The van der Waals surface area contributed by atoms with Crippen molar-refractivity contribution in [2.24, 2.45) is 0 Å². The van der Waals surface area contributed by atoms with Gasteiger partial charge in [-0.1, -0.05) is 18.2 Å². The highest BCUT2D eigenvalue weighted by Crippen LogP contribution is 2.34. The molecule has 0 saturated heterocycles. The maximum absolute atomic E-state index is 14.0. The average Bonchev–Trinajstić information content (AvgIpc) is 2.65. The number of ether oxygens (including phenoxy) is 2. The van der Waals surface area contributed by atoms with E-state index in [9.17, 15) is 14.9 Å². The van der Waals surface area contributed by atoms with Crippen LogP contribution in [0.25, 0.3) is 21.9 Å². The van der Waals surface area contributed by atoms with Crippen LogP contribution in [0.4, 0.5) is 4.39 Å². The third-order valence-corrected chi connectivity index (χ3v) is 4.04. The molecule has 0 amide bonds. The highest BCUT2D eigenvalue weighted by Gasteiger charge is 2.14. The first-order valence-electron chi connectivity index (χ1n) is 7.41. The predicted octanol–water partition coefficient (Wildman–Crippen LogP) is 4.41. The molecule has 0 aliphatic carbocycles. The van der Waals surface area contributed by atoms with Gasteiger partial charge in [0, 0.05) is 10.8 Å². The van der Waals surface area contributed by atoms with Gasteiger partial charge in [-0.3, -0.25) is 0 Å². The summed E-state index contributed by atoms with van der Waals surface area (Å²) in [4.78, 5) is 0. The Hall–Kier alpha value is -3.57. The summed E-state index contributed by atoms with van der Waals surface area (Å²) in [7, 11) is 2.86. The minimum atomic E-state index is -0.465. The summed E-state index contributed by atoms with van der Waals surface area (Å²) < 4.78 is 24.1. The summed E-state index contributed by atoms with van der Waals surface area (Å²) in [6.07, 6.45) is 0. The van der Waals surface area contributed by atoms with Gasteiger partial charge in [0.2, 0.25) is 0 Å². The SMILES string of the molecule is COc1ccc(-c2ccc3c(C#N)c(OC)cc(C#N)c3c2)cc1F. The number of benzene rings is 3. The number of hydrogen-bond donors (Lipinski definition) is 0. The van der Waals surface area contributed by atoms with Crippen LogP contribution in [-0.4, -0.2) is 14.2 Å². The van der Waals surface area contributed by atoms with Crippen molar-refractivity contribution in [1.82, 2.24) is 0 Å². The monoisotopic (exact) mass is 332 g/mol. The molecule has 0 N–H and O–H groups in total. The van der Waals surface area contributed by atoms with Crippen molar-refractivity contribution in [3.63, 3.8) is 0 Å². The Balaban J connectivity index is 2.26. The zero-order valence-electron chi connectivity index (χ0n) is 13.6. The molecule has 0 heterocycles. The van der Waals surface area contributed by atoms with Crippen LogP contribution in [-0.2, 0) is 0 Å². The zero-order chi connectivity index (χ0) is 18.0. The third kappa shape index (κ3) is 2.73. The van der Waals surface area contributed by atoms with Crippen molar-refractivity contribution in [3.05, 3.63) is 59.4 Å². The van der Waals surface area contributed by atoms with Gasteiger partial charge in [-0.15, -0.1) is 0 Å². The Morgan fingerprint density at radius 3 is 2.08 bits per heavy atom. The number of methoxy groups -OCH3 is 2. The number of hydrogen-bond acceptors (Lipinski definition) is 4. The molecule has 0 saturated carbocycles.